The smallest absolute Gasteiger partial charge is 0.130 e. The molecule has 2 N–H and O–H groups in total. The summed E-state index contributed by atoms with van der Waals surface area (Å²) >= 11 is 6.01. The van der Waals surface area contributed by atoms with Crippen molar-refractivity contribution in [3.05, 3.63) is 53.8 Å². The number of halogens is 1. The largest absolute Gasteiger partial charge is 0.457 e. The number of aromatic nitrogens is 1. The summed E-state index contributed by atoms with van der Waals surface area (Å²) in [6.07, 6.45) is 3.61. The summed E-state index contributed by atoms with van der Waals surface area (Å²) in [4.78, 5) is 6.69. The van der Waals surface area contributed by atoms with E-state index in [1.807, 2.05) is 12.1 Å². The molecular formula is C18H23ClN3O. The minimum atomic E-state index is 0.491. The Morgan fingerprint density at radius 1 is 1.17 bits per heavy atom. The van der Waals surface area contributed by atoms with Crippen molar-refractivity contribution in [2.75, 3.05) is 18.8 Å². The van der Waals surface area contributed by atoms with E-state index in [0.717, 1.165) is 37.4 Å². The molecule has 2 rings (SSSR count). The highest BCUT2D eigenvalue weighted by Gasteiger charge is 2.04. The standard InChI is InChI=1S/C18H23ClN3O/c1-3-22(4-2)11-5-6-14-12-16(9-10-21-14)23-15-7-8-18(20)17(19)13-15/h7-13H,3-6,20H2,1-2H3. The van der Waals surface area contributed by atoms with Crippen LogP contribution in [0.25, 0.3) is 0 Å². The molecule has 1 heterocycles. The number of hydrogen-bond acceptors (Lipinski definition) is 4. The average Bonchev–Trinajstić information content (AvgIpc) is 2.55. The molecule has 23 heavy (non-hydrogen) atoms. The predicted molar refractivity (Wildman–Crippen MR) is 95.7 cm³/mol. The third kappa shape index (κ3) is 5.41. The number of nitrogens with two attached hydrogens (primary N) is 1. The molecule has 5 heteroatoms. The molecule has 0 aliphatic heterocycles. The molecule has 0 saturated heterocycles. The van der Waals surface area contributed by atoms with Gasteiger partial charge in [0.1, 0.15) is 11.5 Å². The zero-order chi connectivity index (χ0) is 16.7. The predicted octanol–water partition coefficient (Wildman–Crippen LogP) is 4.55. The molecule has 0 aliphatic carbocycles. The minimum absolute atomic E-state index is 0.491. The lowest BCUT2D eigenvalue weighted by molar-refractivity contribution is 0.358. The second-order valence-corrected chi connectivity index (χ2v) is 5.62. The van der Waals surface area contributed by atoms with E-state index in [2.05, 4.69) is 30.3 Å². The van der Waals surface area contributed by atoms with Crippen LogP contribution in [0.1, 0.15) is 26.0 Å². The molecule has 1 aromatic carbocycles. The van der Waals surface area contributed by atoms with E-state index in [9.17, 15) is 0 Å². The first kappa shape index (κ1) is 17.6. The Hall–Kier alpha value is -1.78. The number of ether oxygens (including phenoxy) is 1. The number of nitrogens with zero attached hydrogens (tertiary/aromatic N) is 2. The summed E-state index contributed by atoms with van der Waals surface area (Å²) in [6.45, 7) is 8.61. The summed E-state index contributed by atoms with van der Waals surface area (Å²) in [5.41, 5.74) is 7.25. The first-order valence-electron chi connectivity index (χ1n) is 7.87. The van der Waals surface area contributed by atoms with Crippen molar-refractivity contribution < 1.29 is 4.74 Å². The first-order valence-corrected chi connectivity index (χ1v) is 8.25. The van der Waals surface area contributed by atoms with Crippen LogP contribution in [0.3, 0.4) is 0 Å². The molecular weight excluding hydrogens is 310 g/mol. The molecule has 0 saturated carbocycles. The van der Waals surface area contributed by atoms with Crippen molar-refractivity contribution in [1.82, 2.24) is 9.88 Å². The Balaban J connectivity index is 1.95. The number of rotatable bonds is 8. The van der Waals surface area contributed by atoms with Gasteiger partial charge in [-0.3, -0.25) is 9.88 Å². The van der Waals surface area contributed by atoms with Crippen molar-refractivity contribution in [2.45, 2.75) is 26.7 Å². The van der Waals surface area contributed by atoms with Gasteiger partial charge in [0.2, 0.25) is 0 Å². The van der Waals surface area contributed by atoms with E-state index >= 15 is 0 Å². The van der Waals surface area contributed by atoms with Gasteiger partial charge in [0.15, 0.2) is 0 Å². The van der Waals surface area contributed by atoms with Gasteiger partial charge in [-0.15, -0.1) is 0 Å². The molecule has 0 aliphatic rings. The summed E-state index contributed by atoms with van der Waals surface area (Å²) < 4.78 is 5.82. The molecule has 0 atom stereocenters. The van der Waals surface area contributed by atoms with E-state index in [1.165, 1.54) is 0 Å². The Kier molecular flexibility index (Phi) is 6.68. The Morgan fingerprint density at radius 2 is 1.91 bits per heavy atom. The van der Waals surface area contributed by atoms with Crippen molar-refractivity contribution in [3.8, 4) is 11.5 Å². The van der Waals surface area contributed by atoms with E-state index in [-0.39, 0.29) is 0 Å². The molecule has 1 aromatic heterocycles. The number of aryl methyl sites for hydroxylation is 1. The summed E-state index contributed by atoms with van der Waals surface area (Å²) in [5.74, 6) is 1.41. The maximum absolute atomic E-state index is 6.01. The number of hydrogen-bond donors (Lipinski definition) is 1. The monoisotopic (exact) mass is 332 g/mol. The minimum Gasteiger partial charge on any atom is -0.457 e. The van der Waals surface area contributed by atoms with Crippen LogP contribution in [0.15, 0.2) is 36.5 Å². The van der Waals surface area contributed by atoms with Crippen LogP contribution in [0.4, 0.5) is 5.69 Å². The van der Waals surface area contributed by atoms with Crippen LogP contribution >= 0.6 is 11.6 Å². The molecule has 0 fully saturated rings. The zero-order valence-corrected chi connectivity index (χ0v) is 14.4. The Morgan fingerprint density at radius 3 is 2.61 bits per heavy atom. The van der Waals surface area contributed by atoms with Gasteiger partial charge >= 0.3 is 0 Å². The molecule has 0 unspecified atom stereocenters. The van der Waals surface area contributed by atoms with Crippen molar-refractivity contribution in [2.24, 2.45) is 0 Å². The molecule has 2 aromatic rings. The Bertz CT molecular complexity index is 629. The second kappa shape index (κ2) is 8.75. The summed E-state index contributed by atoms with van der Waals surface area (Å²) in [6, 6.07) is 9.04. The average molecular weight is 333 g/mol. The number of nitrogen functional groups attached to an aromatic ring is 1. The number of benzene rings is 1. The molecule has 0 amide bonds. The lowest BCUT2D eigenvalue weighted by atomic mass is 10.2. The number of pyridine rings is 1. The van der Waals surface area contributed by atoms with Crippen LogP contribution in [0.2, 0.25) is 5.02 Å². The third-order valence-corrected chi connectivity index (χ3v) is 3.92. The van der Waals surface area contributed by atoms with Crippen molar-refractivity contribution in [3.63, 3.8) is 0 Å². The van der Waals surface area contributed by atoms with E-state index in [4.69, 9.17) is 22.1 Å². The molecule has 0 spiro atoms. The highest BCUT2D eigenvalue weighted by Crippen LogP contribution is 2.28. The van der Waals surface area contributed by atoms with Gasteiger partial charge in [-0.25, -0.2) is 0 Å². The van der Waals surface area contributed by atoms with E-state index in [1.54, 1.807) is 24.4 Å². The van der Waals surface area contributed by atoms with Crippen molar-refractivity contribution >= 4 is 17.3 Å². The topological polar surface area (TPSA) is 51.4 Å². The normalized spacial score (nSPS) is 11.0. The SMILES string of the molecule is CCN([CH]CCc1cc(Oc2ccc(N)c(Cl)c2)ccn1)CC. The van der Waals surface area contributed by atoms with Crippen molar-refractivity contribution in [1.29, 1.82) is 0 Å². The van der Waals surface area contributed by atoms with Gasteiger partial charge < -0.3 is 10.5 Å². The van der Waals surface area contributed by atoms with Crippen LogP contribution in [0, 0.1) is 6.54 Å². The summed E-state index contributed by atoms with van der Waals surface area (Å²) in [5, 5.41) is 0.491. The summed E-state index contributed by atoms with van der Waals surface area (Å²) in [7, 11) is 0. The van der Waals surface area contributed by atoms with E-state index < -0.39 is 0 Å². The van der Waals surface area contributed by atoms with Crippen LogP contribution < -0.4 is 10.5 Å². The van der Waals surface area contributed by atoms with Gasteiger partial charge in [-0.1, -0.05) is 25.4 Å². The lowest BCUT2D eigenvalue weighted by Crippen LogP contribution is -2.19. The van der Waals surface area contributed by atoms with Crippen LogP contribution in [-0.2, 0) is 6.42 Å². The van der Waals surface area contributed by atoms with Crippen LogP contribution in [-0.4, -0.2) is 23.0 Å². The fourth-order valence-corrected chi connectivity index (χ4v) is 2.41. The first-order chi connectivity index (χ1) is 11.1. The molecule has 4 nitrogen and oxygen atoms in total. The highest BCUT2D eigenvalue weighted by atomic mass is 35.5. The van der Waals surface area contributed by atoms with Gasteiger partial charge in [0.05, 0.1) is 10.7 Å². The molecule has 0 bridgehead atoms. The lowest BCUT2D eigenvalue weighted by Gasteiger charge is -2.16. The van der Waals surface area contributed by atoms with Crippen LogP contribution in [0.5, 0.6) is 11.5 Å². The maximum Gasteiger partial charge on any atom is 0.130 e. The van der Waals surface area contributed by atoms with E-state index in [0.29, 0.717) is 16.5 Å². The second-order valence-electron chi connectivity index (χ2n) is 5.21. The highest BCUT2D eigenvalue weighted by molar-refractivity contribution is 6.33. The third-order valence-electron chi connectivity index (χ3n) is 3.60. The fraction of sp³-hybridized carbons (Fsp3) is 0.333. The van der Waals surface area contributed by atoms with Gasteiger partial charge in [-0.2, -0.15) is 0 Å². The van der Waals surface area contributed by atoms with Gasteiger partial charge in [-0.05, 0) is 44.1 Å². The quantitative estimate of drug-likeness (QED) is 0.721. The number of anilines is 1. The Labute approximate surface area is 143 Å². The molecule has 1 radical (unpaired) electrons. The maximum atomic E-state index is 6.01. The molecule has 123 valence electrons. The van der Waals surface area contributed by atoms with Gasteiger partial charge in [0, 0.05) is 30.6 Å². The zero-order valence-electron chi connectivity index (χ0n) is 13.6. The van der Waals surface area contributed by atoms with Gasteiger partial charge in [0.25, 0.3) is 0 Å². The fourth-order valence-electron chi connectivity index (χ4n) is 2.24.